The van der Waals surface area contributed by atoms with E-state index in [0.29, 0.717) is 22.9 Å². The van der Waals surface area contributed by atoms with Crippen LogP contribution in [0.4, 0.5) is 0 Å². The molecule has 0 aliphatic heterocycles. The number of para-hydroxylation sites is 1. The summed E-state index contributed by atoms with van der Waals surface area (Å²) in [6.07, 6.45) is 0. The van der Waals surface area contributed by atoms with Gasteiger partial charge >= 0.3 is 85.5 Å². The second-order valence-electron chi connectivity index (χ2n) is 1.86. The predicted octanol–water partition coefficient (Wildman–Crippen LogP) is -0.639. The van der Waals surface area contributed by atoms with Crippen molar-refractivity contribution in [3.05, 3.63) is 30.3 Å². The molecule has 0 saturated carbocycles. The number of hydrogen-bond donors (Lipinski definition) is 0. The van der Waals surface area contributed by atoms with E-state index < -0.39 is 22.0 Å². The van der Waals surface area contributed by atoms with E-state index in [1.165, 1.54) is 0 Å². The van der Waals surface area contributed by atoms with Gasteiger partial charge in [-0.2, -0.15) is 0 Å². The molecule has 0 aliphatic carbocycles. The van der Waals surface area contributed by atoms with Gasteiger partial charge < -0.3 is 0 Å². The summed E-state index contributed by atoms with van der Waals surface area (Å²) in [5, 5.41) is 0. The monoisotopic (exact) mass is 354 g/mol. The van der Waals surface area contributed by atoms with Gasteiger partial charge in [-0.3, -0.25) is 0 Å². The average Bonchev–Trinajstić information content (AvgIpc) is 2.03. The summed E-state index contributed by atoms with van der Waals surface area (Å²) in [6, 6.07) is 9.85. The van der Waals surface area contributed by atoms with Crippen molar-refractivity contribution in [2.45, 2.75) is 0 Å². The SMILES string of the molecule is [SnH3][O][SnH2][O]c1ccccc1. The zero-order chi connectivity index (χ0) is 7.23. The first-order chi connectivity index (χ1) is 4.93. The summed E-state index contributed by atoms with van der Waals surface area (Å²) >= 11 is -0.869. The molecule has 0 radical (unpaired) electrons. The van der Waals surface area contributed by atoms with Gasteiger partial charge in [0, 0.05) is 0 Å². The van der Waals surface area contributed by atoms with E-state index in [2.05, 4.69) is 0 Å². The normalized spacial score (nSPS) is 10.8. The van der Waals surface area contributed by atoms with Crippen LogP contribution in [0.3, 0.4) is 0 Å². The molecule has 0 fully saturated rings. The number of hydrogen-bond acceptors (Lipinski definition) is 2. The van der Waals surface area contributed by atoms with Crippen LogP contribution in [0.15, 0.2) is 30.3 Å². The summed E-state index contributed by atoms with van der Waals surface area (Å²) in [5.74, 6) is 0.964. The molecule has 1 aromatic carbocycles. The van der Waals surface area contributed by atoms with Crippen LogP contribution in [-0.4, -0.2) is 44.9 Å². The van der Waals surface area contributed by atoms with Crippen molar-refractivity contribution >= 4 is 44.9 Å². The third-order valence-corrected chi connectivity index (χ3v) is 7.56. The van der Waals surface area contributed by atoms with Crippen LogP contribution in [0.25, 0.3) is 0 Å². The van der Waals surface area contributed by atoms with Gasteiger partial charge in [0.2, 0.25) is 0 Å². The Labute approximate surface area is 84.9 Å². The second-order valence-corrected chi connectivity index (χ2v) is 16.1. The molecule has 0 saturated heterocycles. The van der Waals surface area contributed by atoms with Gasteiger partial charge in [-0.25, -0.2) is 0 Å². The summed E-state index contributed by atoms with van der Waals surface area (Å²) in [7, 11) is 0. The molecule has 0 atom stereocenters. The number of rotatable bonds is 3. The van der Waals surface area contributed by atoms with E-state index >= 15 is 0 Å². The van der Waals surface area contributed by atoms with Crippen LogP contribution in [-0.2, 0) is 1.41 Å². The van der Waals surface area contributed by atoms with Crippen molar-refractivity contribution in [3.8, 4) is 5.75 Å². The van der Waals surface area contributed by atoms with Crippen LogP contribution < -0.4 is 3.07 Å². The number of benzene rings is 1. The van der Waals surface area contributed by atoms with Gasteiger partial charge in [0.05, 0.1) is 0 Å². The molecule has 1 rings (SSSR count). The fourth-order valence-corrected chi connectivity index (χ4v) is 4.17. The molecule has 0 amide bonds. The van der Waals surface area contributed by atoms with Crippen LogP contribution in [0.2, 0.25) is 0 Å². The third kappa shape index (κ3) is 3.11. The Morgan fingerprint density at radius 2 is 1.90 bits per heavy atom. The van der Waals surface area contributed by atoms with E-state index in [1.807, 2.05) is 30.3 Å². The summed E-state index contributed by atoms with van der Waals surface area (Å²) in [6.45, 7) is 0. The molecule has 0 aliphatic rings. The molecule has 0 bridgehead atoms. The zero-order valence-electron chi connectivity index (χ0n) is 5.91. The molecular formula is C6H10O2Sn2. The van der Waals surface area contributed by atoms with Crippen LogP contribution in [0.1, 0.15) is 0 Å². The van der Waals surface area contributed by atoms with Crippen molar-refractivity contribution in [3.63, 3.8) is 0 Å². The standard InChI is InChI=1S/C6H6O.O.2Sn.5H/c7-6-4-2-1-3-5-6;;;;;;;;/h1-5,7H;;;;;;;;/q;;;+1;;;;;/p-1. The summed E-state index contributed by atoms with van der Waals surface area (Å²) in [4.78, 5) is 0. The van der Waals surface area contributed by atoms with Crippen molar-refractivity contribution in [1.82, 2.24) is 0 Å². The van der Waals surface area contributed by atoms with Crippen molar-refractivity contribution in [2.75, 3.05) is 0 Å². The molecule has 54 valence electrons. The van der Waals surface area contributed by atoms with Crippen LogP contribution in [0, 0.1) is 0 Å². The van der Waals surface area contributed by atoms with Gasteiger partial charge in [0.25, 0.3) is 0 Å². The minimum absolute atomic E-state index is 0.370. The molecule has 0 N–H and O–H groups in total. The van der Waals surface area contributed by atoms with E-state index in [9.17, 15) is 0 Å². The van der Waals surface area contributed by atoms with Crippen molar-refractivity contribution in [2.24, 2.45) is 0 Å². The Balaban J connectivity index is 2.43. The molecule has 10 heavy (non-hydrogen) atoms. The average molecular weight is 352 g/mol. The van der Waals surface area contributed by atoms with E-state index in [0.717, 1.165) is 5.75 Å². The Hall–Kier alpha value is 0.577. The quantitative estimate of drug-likeness (QED) is 0.675. The van der Waals surface area contributed by atoms with Crippen molar-refractivity contribution < 1.29 is 4.49 Å². The van der Waals surface area contributed by atoms with Gasteiger partial charge in [-0.05, 0) is 0 Å². The molecule has 4 heteroatoms. The second kappa shape index (κ2) is 5.26. The first kappa shape index (κ1) is 8.67. The van der Waals surface area contributed by atoms with E-state index in [4.69, 9.17) is 4.49 Å². The Bertz CT molecular complexity index is 178. The molecule has 0 heterocycles. The fraction of sp³-hybridized carbons (Fsp3) is 0. The summed E-state index contributed by atoms with van der Waals surface area (Å²) < 4.78 is 10.5. The van der Waals surface area contributed by atoms with Gasteiger partial charge in [-0.15, -0.1) is 0 Å². The van der Waals surface area contributed by atoms with Gasteiger partial charge in [0.15, 0.2) is 0 Å². The third-order valence-electron chi connectivity index (χ3n) is 1.09. The molecule has 2 nitrogen and oxygen atoms in total. The zero-order valence-corrected chi connectivity index (χ0v) is 15.7. The van der Waals surface area contributed by atoms with E-state index in [1.54, 1.807) is 0 Å². The fourth-order valence-electron chi connectivity index (χ4n) is 0.644. The molecule has 0 spiro atoms. The predicted molar refractivity (Wildman–Crippen MR) is 46.6 cm³/mol. The Kier molecular flexibility index (Phi) is 4.56. The van der Waals surface area contributed by atoms with Crippen molar-refractivity contribution in [1.29, 1.82) is 0 Å². The van der Waals surface area contributed by atoms with Crippen LogP contribution >= 0.6 is 0 Å². The van der Waals surface area contributed by atoms with Crippen LogP contribution in [0.5, 0.6) is 5.75 Å². The van der Waals surface area contributed by atoms with Gasteiger partial charge in [0.1, 0.15) is 0 Å². The summed E-state index contributed by atoms with van der Waals surface area (Å²) in [5.41, 5.74) is 0. The Morgan fingerprint density at radius 1 is 1.20 bits per heavy atom. The molecular weight excluding hydrogens is 341 g/mol. The maximum absolute atomic E-state index is 5.40. The maximum atomic E-state index is 5.40. The topological polar surface area (TPSA) is 18.5 Å². The molecule has 0 unspecified atom stereocenters. The minimum atomic E-state index is -1.24. The molecule has 0 aromatic heterocycles. The van der Waals surface area contributed by atoms with E-state index in [-0.39, 0.29) is 0 Å². The first-order valence-electron chi connectivity index (χ1n) is 3.10. The Morgan fingerprint density at radius 3 is 2.50 bits per heavy atom. The molecule has 1 aromatic rings. The first-order valence-corrected chi connectivity index (χ1v) is 8.73. The van der Waals surface area contributed by atoms with Gasteiger partial charge in [-0.1, -0.05) is 0 Å².